The van der Waals surface area contributed by atoms with E-state index in [-0.39, 0.29) is 11.7 Å². The molecular weight excluding hydrogens is 428 g/mol. The highest BCUT2D eigenvalue weighted by molar-refractivity contribution is 9.10. The number of nitrogens with one attached hydrogen (secondary N) is 1. The molecule has 0 atom stereocenters. The van der Waals surface area contributed by atoms with Crippen molar-refractivity contribution in [1.82, 2.24) is 14.8 Å². The van der Waals surface area contributed by atoms with Gasteiger partial charge in [-0.1, -0.05) is 36.0 Å². The molecule has 1 N–H and O–H groups in total. The molecule has 0 aliphatic heterocycles. The van der Waals surface area contributed by atoms with Crippen LogP contribution in [0.25, 0.3) is 11.4 Å². The zero-order chi connectivity index (χ0) is 19.2. The molecule has 8 heteroatoms. The minimum Gasteiger partial charge on any atom is -0.497 e. The number of thioether (sulfide) groups is 1. The molecule has 140 valence electrons. The summed E-state index contributed by atoms with van der Waals surface area (Å²) in [5.41, 5.74) is 1.67. The number of aromatic nitrogens is 3. The fourth-order valence-electron chi connectivity index (χ4n) is 2.54. The topological polar surface area (TPSA) is 69.0 Å². The fourth-order valence-corrected chi connectivity index (χ4v) is 3.72. The van der Waals surface area contributed by atoms with Gasteiger partial charge in [0.25, 0.3) is 0 Å². The third-order valence-electron chi connectivity index (χ3n) is 3.84. The number of para-hydroxylation sites is 1. The summed E-state index contributed by atoms with van der Waals surface area (Å²) >= 11 is 4.79. The molecule has 3 aromatic rings. The number of anilines is 1. The Bertz CT molecular complexity index is 945. The third kappa shape index (κ3) is 4.70. The second kappa shape index (κ2) is 9.05. The summed E-state index contributed by atoms with van der Waals surface area (Å²) in [6.45, 7) is 2.73. The summed E-state index contributed by atoms with van der Waals surface area (Å²) < 4.78 is 8.12. The van der Waals surface area contributed by atoms with Crippen LogP contribution in [0.15, 0.2) is 58.2 Å². The Balaban J connectivity index is 1.71. The maximum absolute atomic E-state index is 12.3. The van der Waals surface area contributed by atoms with Crippen LogP contribution in [-0.4, -0.2) is 33.5 Å². The smallest absolute Gasteiger partial charge is 0.234 e. The number of ether oxygens (including phenoxy) is 1. The van der Waals surface area contributed by atoms with Crippen LogP contribution in [0.2, 0.25) is 0 Å². The first-order valence-corrected chi connectivity index (χ1v) is 10.1. The number of rotatable bonds is 7. The van der Waals surface area contributed by atoms with Crippen LogP contribution in [0.3, 0.4) is 0 Å². The molecule has 0 spiro atoms. The van der Waals surface area contributed by atoms with Crippen LogP contribution in [-0.2, 0) is 11.3 Å². The Morgan fingerprint density at radius 1 is 1.22 bits per heavy atom. The van der Waals surface area contributed by atoms with Gasteiger partial charge in [-0.2, -0.15) is 0 Å². The second-order valence-corrected chi connectivity index (χ2v) is 7.40. The SMILES string of the molecule is CCn1c(SCC(=O)Nc2ccccc2Br)nnc1-c1cccc(OC)c1. The van der Waals surface area contributed by atoms with E-state index in [0.717, 1.165) is 27.3 Å². The zero-order valence-corrected chi connectivity index (χ0v) is 17.4. The Labute approximate surface area is 170 Å². The summed E-state index contributed by atoms with van der Waals surface area (Å²) in [4.78, 5) is 12.3. The van der Waals surface area contributed by atoms with E-state index in [1.165, 1.54) is 11.8 Å². The molecular formula is C19H19BrN4O2S. The molecule has 0 radical (unpaired) electrons. The number of carbonyl (C=O) groups excluding carboxylic acids is 1. The molecule has 0 unspecified atom stereocenters. The Morgan fingerprint density at radius 3 is 2.78 bits per heavy atom. The quantitative estimate of drug-likeness (QED) is 0.542. The van der Waals surface area contributed by atoms with Crippen molar-refractivity contribution < 1.29 is 9.53 Å². The highest BCUT2D eigenvalue weighted by Gasteiger charge is 2.15. The highest BCUT2D eigenvalue weighted by atomic mass is 79.9. The van der Waals surface area contributed by atoms with Crippen molar-refractivity contribution >= 4 is 39.3 Å². The molecule has 0 aliphatic carbocycles. The minimum atomic E-state index is -0.0968. The number of methoxy groups -OCH3 is 1. The van der Waals surface area contributed by atoms with Crippen molar-refractivity contribution in [2.75, 3.05) is 18.2 Å². The van der Waals surface area contributed by atoms with Gasteiger partial charge >= 0.3 is 0 Å². The number of hydrogen-bond donors (Lipinski definition) is 1. The number of amides is 1. The molecule has 1 aromatic heterocycles. The van der Waals surface area contributed by atoms with E-state index in [1.54, 1.807) is 7.11 Å². The van der Waals surface area contributed by atoms with E-state index in [9.17, 15) is 4.79 Å². The van der Waals surface area contributed by atoms with Gasteiger partial charge in [-0.15, -0.1) is 10.2 Å². The first kappa shape index (κ1) is 19.4. The Hall–Kier alpha value is -2.32. The highest BCUT2D eigenvalue weighted by Crippen LogP contribution is 2.27. The molecule has 1 heterocycles. The number of halogens is 1. The second-order valence-electron chi connectivity index (χ2n) is 5.60. The fraction of sp³-hybridized carbons (Fsp3) is 0.211. The molecule has 0 bridgehead atoms. The lowest BCUT2D eigenvalue weighted by molar-refractivity contribution is -0.113. The van der Waals surface area contributed by atoms with E-state index < -0.39 is 0 Å². The minimum absolute atomic E-state index is 0.0968. The van der Waals surface area contributed by atoms with Gasteiger partial charge in [0.05, 0.1) is 18.6 Å². The van der Waals surface area contributed by atoms with Gasteiger partial charge in [0.15, 0.2) is 11.0 Å². The molecule has 27 heavy (non-hydrogen) atoms. The first-order valence-electron chi connectivity index (χ1n) is 8.37. The van der Waals surface area contributed by atoms with Crippen LogP contribution in [0.1, 0.15) is 6.92 Å². The Morgan fingerprint density at radius 2 is 2.04 bits per heavy atom. The largest absolute Gasteiger partial charge is 0.497 e. The van der Waals surface area contributed by atoms with Crippen molar-refractivity contribution in [2.45, 2.75) is 18.6 Å². The third-order valence-corrected chi connectivity index (χ3v) is 5.50. The molecule has 1 amide bonds. The standard InChI is InChI=1S/C19H19BrN4O2S/c1-3-24-18(13-7-6-8-14(11-13)26-2)22-23-19(24)27-12-17(25)21-16-10-5-4-9-15(16)20/h4-11H,3,12H2,1-2H3,(H,21,25). The molecule has 0 saturated heterocycles. The van der Waals surface area contributed by atoms with Crippen molar-refractivity contribution in [1.29, 1.82) is 0 Å². The summed E-state index contributed by atoms with van der Waals surface area (Å²) in [7, 11) is 1.63. The first-order chi connectivity index (χ1) is 13.1. The average Bonchev–Trinajstić information content (AvgIpc) is 3.11. The van der Waals surface area contributed by atoms with Crippen LogP contribution >= 0.6 is 27.7 Å². The predicted octanol–water partition coefficient (Wildman–Crippen LogP) is 4.47. The van der Waals surface area contributed by atoms with Crippen molar-refractivity contribution in [3.8, 4) is 17.1 Å². The van der Waals surface area contributed by atoms with Gasteiger partial charge in [-0.3, -0.25) is 4.79 Å². The summed E-state index contributed by atoms with van der Waals surface area (Å²) in [5.74, 6) is 1.67. The van der Waals surface area contributed by atoms with Gasteiger partial charge in [0, 0.05) is 16.6 Å². The van der Waals surface area contributed by atoms with Gasteiger partial charge in [0.1, 0.15) is 5.75 Å². The lowest BCUT2D eigenvalue weighted by atomic mass is 10.2. The van der Waals surface area contributed by atoms with Crippen molar-refractivity contribution in [3.63, 3.8) is 0 Å². The van der Waals surface area contributed by atoms with Gasteiger partial charge < -0.3 is 14.6 Å². The zero-order valence-electron chi connectivity index (χ0n) is 15.0. The van der Waals surface area contributed by atoms with Gasteiger partial charge in [0.2, 0.25) is 5.91 Å². The molecule has 2 aromatic carbocycles. The van der Waals surface area contributed by atoms with Gasteiger partial charge in [-0.05, 0) is 47.1 Å². The van der Waals surface area contributed by atoms with Gasteiger partial charge in [-0.25, -0.2) is 0 Å². The lowest BCUT2D eigenvalue weighted by Gasteiger charge is -2.09. The summed E-state index contributed by atoms with van der Waals surface area (Å²) in [6.07, 6.45) is 0. The maximum atomic E-state index is 12.3. The van der Waals surface area contributed by atoms with Crippen LogP contribution in [0, 0.1) is 0 Å². The Kier molecular flexibility index (Phi) is 6.52. The van der Waals surface area contributed by atoms with Crippen LogP contribution in [0.5, 0.6) is 5.75 Å². The van der Waals surface area contributed by atoms with Crippen molar-refractivity contribution in [2.24, 2.45) is 0 Å². The summed E-state index contributed by atoms with van der Waals surface area (Å²) in [5, 5.41) is 12.2. The molecule has 0 saturated carbocycles. The van der Waals surface area contributed by atoms with E-state index in [0.29, 0.717) is 11.7 Å². The number of nitrogens with zero attached hydrogens (tertiary/aromatic N) is 3. The predicted molar refractivity (Wildman–Crippen MR) is 111 cm³/mol. The monoisotopic (exact) mass is 446 g/mol. The number of benzene rings is 2. The molecule has 6 nitrogen and oxygen atoms in total. The van der Waals surface area contributed by atoms with Crippen LogP contribution in [0.4, 0.5) is 5.69 Å². The normalized spacial score (nSPS) is 10.6. The van der Waals surface area contributed by atoms with E-state index in [2.05, 4.69) is 31.4 Å². The lowest BCUT2D eigenvalue weighted by Crippen LogP contribution is -2.15. The molecule has 0 fully saturated rings. The van der Waals surface area contributed by atoms with Crippen LogP contribution < -0.4 is 10.1 Å². The van der Waals surface area contributed by atoms with E-state index in [1.807, 2.05) is 60.0 Å². The summed E-state index contributed by atoms with van der Waals surface area (Å²) in [6, 6.07) is 15.2. The van der Waals surface area contributed by atoms with Crippen molar-refractivity contribution in [3.05, 3.63) is 53.0 Å². The number of carbonyl (C=O) groups is 1. The van der Waals surface area contributed by atoms with E-state index >= 15 is 0 Å². The van der Waals surface area contributed by atoms with E-state index in [4.69, 9.17) is 4.74 Å². The number of hydrogen-bond acceptors (Lipinski definition) is 5. The molecule has 3 rings (SSSR count). The molecule has 0 aliphatic rings. The maximum Gasteiger partial charge on any atom is 0.234 e. The average molecular weight is 447 g/mol.